The summed E-state index contributed by atoms with van der Waals surface area (Å²) in [6, 6.07) is 28.3. The molecule has 3 heterocycles. The molecule has 1 saturated heterocycles. The maximum absolute atomic E-state index is 16.3. The van der Waals surface area contributed by atoms with Crippen LogP contribution in [0.3, 0.4) is 0 Å². The monoisotopic (exact) mass is 558 g/mol. The minimum Gasteiger partial charge on any atom is -0.437 e. The fourth-order valence-corrected chi connectivity index (χ4v) is 5.68. The Morgan fingerprint density at radius 2 is 1.52 bits per heavy atom. The summed E-state index contributed by atoms with van der Waals surface area (Å²) < 4.78 is 40.7. The first-order valence-electron chi connectivity index (χ1n) is 12.9. The highest BCUT2D eigenvalue weighted by Crippen LogP contribution is 2.46. The molecule has 5 aromatic rings. The number of thiophene rings is 1. The zero-order chi connectivity index (χ0) is 27.4. The molecule has 0 spiro atoms. The molecule has 7 nitrogen and oxygen atoms in total. The van der Waals surface area contributed by atoms with Gasteiger partial charge in [-0.15, -0.1) is 11.3 Å². The number of aromatic nitrogens is 2. The topological polar surface area (TPSA) is 82.9 Å². The van der Waals surface area contributed by atoms with Crippen molar-refractivity contribution in [1.29, 1.82) is 0 Å². The van der Waals surface area contributed by atoms with Gasteiger partial charge in [0.25, 0.3) is 0 Å². The molecule has 1 aliphatic rings. The van der Waals surface area contributed by atoms with Gasteiger partial charge in [0.2, 0.25) is 11.7 Å². The summed E-state index contributed by atoms with van der Waals surface area (Å²) in [4.78, 5) is 8.62. The molecule has 6 rings (SSSR count). The number of benzene rings is 3. The average molecular weight is 559 g/mol. The Labute approximate surface area is 234 Å². The number of rotatable bonds is 10. The molecule has 9 heteroatoms. The quantitative estimate of drug-likeness (QED) is 0.220. The van der Waals surface area contributed by atoms with Gasteiger partial charge < -0.3 is 24.1 Å². The van der Waals surface area contributed by atoms with Gasteiger partial charge in [-0.25, -0.2) is 14.4 Å². The van der Waals surface area contributed by atoms with Crippen LogP contribution < -0.4 is 4.74 Å². The molecular formula is C31H27FN2O5S. The number of hydrogen-bond acceptors (Lipinski definition) is 8. The second-order valence-electron chi connectivity index (χ2n) is 9.44. The highest BCUT2D eigenvalue weighted by Gasteiger charge is 2.58. The predicted octanol–water partition coefficient (Wildman–Crippen LogP) is 6.17. The lowest BCUT2D eigenvalue weighted by molar-refractivity contribution is -0.228. The number of ether oxygens (including phenoxy) is 4. The Bertz CT molecular complexity index is 1540. The highest BCUT2D eigenvalue weighted by molar-refractivity contribution is 7.17. The van der Waals surface area contributed by atoms with E-state index in [0.717, 1.165) is 11.1 Å². The zero-order valence-corrected chi connectivity index (χ0v) is 22.2. The van der Waals surface area contributed by atoms with E-state index in [1.807, 2.05) is 91.0 Å². The van der Waals surface area contributed by atoms with Gasteiger partial charge >= 0.3 is 0 Å². The third-order valence-corrected chi connectivity index (χ3v) is 7.66. The van der Waals surface area contributed by atoms with Crippen molar-refractivity contribution in [2.45, 2.75) is 37.4 Å². The van der Waals surface area contributed by atoms with E-state index in [1.54, 1.807) is 5.38 Å². The smallest absolute Gasteiger partial charge is 0.240 e. The van der Waals surface area contributed by atoms with E-state index < -0.39 is 24.2 Å². The predicted molar refractivity (Wildman–Crippen MR) is 149 cm³/mol. The van der Waals surface area contributed by atoms with Crippen LogP contribution in [0.25, 0.3) is 10.2 Å². The molecule has 1 unspecified atom stereocenters. The molecule has 2 aromatic heterocycles. The van der Waals surface area contributed by atoms with Gasteiger partial charge in [0.15, 0.2) is 6.17 Å². The molecule has 40 heavy (non-hydrogen) atoms. The molecule has 0 aliphatic carbocycles. The summed E-state index contributed by atoms with van der Waals surface area (Å²) in [6.45, 7) is 0.495. The summed E-state index contributed by atoms with van der Waals surface area (Å²) in [6.07, 6.45) is -2.54. The number of alkyl halides is 1. The van der Waals surface area contributed by atoms with Crippen LogP contribution >= 0.6 is 11.3 Å². The number of halogens is 1. The summed E-state index contributed by atoms with van der Waals surface area (Å²) in [5.74, 6) is -1.40. The van der Waals surface area contributed by atoms with E-state index in [-0.39, 0.29) is 18.8 Å². The lowest BCUT2D eigenvalue weighted by atomic mass is 10.00. The van der Waals surface area contributed by atoms with Crippen LogP contribution in [-0.2, 0) is 33.2 Å². The number of nitrogens with zero attached hydrogens (tertiary/aromatic N) is 2. The third kappa shape index (κ3) is 5.47. The summed E-state index contributed by atoms with van der Waals surface area (Å²) >= 11 is 1.25. The molecule has 204 valence electrons. The van der Waals surface area contributed by atoms with Crippen molar-refractivity contribution in [3.63, 3.8) is 0 Å². The summed E-state index contributed by atoms with van der Waals surface area (Å²) in [7, 11) is 0. The van der Waals surface area contributed by atoms with Gasteiger partial charge in [-0.3, -0.25) is 0 Å². The van der Waals surface area contributed by atoms with E-state index in [2.05, 4.69) is 9.97 Å². The first kappa shape index (κ1) is 26.5. The zero-order valence-electron chi connectivity index (χ0n) is 21.4. The van der Waals surface area contributed by atoms with Crippen molar-refractivity contribution in [3.8, 4) is 11.6 Å². The van der Waals surface area contributed by atoms with Crippen LogP contribution in [0, 0.1) is 0 Å². The van der Waals surface area contributed by atoms with Crippen LogP contribution in [0.4, 0.5) is 4.39 Å². The summed E-state index contributed by atoms with van der Waals surface area (Å²) in [5, 5.41) is 13.4. The molecule has 3 aromatic carbocycles. The molecule has 4 atom stereocenters. The van der Waals surface area contributed by atoms with Crippen LogP contribution in [-0.4, -0.2) is 40.1 Å². The van der Waals surface area contributed by atoms with Gasteiger partial charge in [-0.2, -0.15) is 0 Å². The van der Waals surface area contributed by atoms with E-state index in [0.29, 0.717) is 28.5 Å². The van der Waals surface area contributed by atoms with E-state index >= 15 is 4.39 Å². The number of aliphatic hydroxyl groups is 1. The van der Waals surface area contributed by atoms with Crippen molar-refractivity contribution in [2.75, 3.05) is 6.61 Å². The van der Waals surface area contributed by atoms with E-state index in [4.69, 9.17) is 18.9 Å². The largest absolute Gasteiger partial charge is 0.437 e. The fourth-order valence-electron chi connectivity index (χ4n) is 4.70. The van der Waals surface area contributed by atoms with Crippen LogP contribution in [0.2, 0.25) is 0 Å². The Morgan fingerprint density at radius 3 is 2.23 bits per heavy atom. The van der Waals surface area contributed by atoms with Crippen LogP contribution in [0.1, 0.15) is 16.7 Å². The first-order chi connectivity index (χ1) is 19.6. The van der Waals surface area contributed by atoms with Gasteiger partial charge in [-0.05, 0) is 23.3 Å². The second kappa shape index (κ2) is 11.8. The van der Waals surface area contributed by atoms with Crippen molar-refractivity contribution in [3.05, 3.63) is 119 Å². The molecule has 0 radical (unpaired) electrons. The van der Waals surface area contributed by atoms with E-state index in [9.17, 15) is 5.11 Å². The van der Waals surface area contributed by atoms with Crippen molar-refractivity contribution in [2.24, 2.45) is 0 Å². The maximum Gasteiger partial charge on any atom is 0.240 e. The Kier molecular flexibility index (Phi) is 7.81. The lowest BCUT2D eigenvalue weighted by Gasteiger charge is -2.24. The number of para-hydroxylation sites is 1. The number of fused-ring (bicyclic) bond motifs is 1. The molecule has 0 saturated carbocycles. The molecule has 1 N–H and O–H groups in total. The Morgan fingerprint density at radius 1 is 0.875 bits per heavy atom. The van der Waals surface area contributed by atoms with Gasteiger partial charge in [0.1, 0.15) is 29.0 Å². The van der Waals surface area contributed by atoms with Crippen LogP contribution in [0.15, 0.2) is 103 Å². The molecule has 0 amide bonds. The van der Waals surface area contributed by atoms with Gasteiger partial charge in [0, 0.05) is 5.38 Å². The Hall–Kier alpha value is -3.73. The summed E-state index contributed by atoms with van der Waals surface area (Å²) in [5.41, 5.74) is 2.40. The van der Waals surface area contributed by atoms with Crippen molar-refractivity contribution >= 4 is 21.6 Å². The molecular weight excluding hydrogens is 531 g/mol. The van der Waals surface area contributed by atoms with Crippen molar-refractivity contribution < 1.29 is 28.4 Å². The average Bonchev–Trinajstić information content (AvgIpc) is 3.54. The molecule has 1 fully saturated rings. The maximum atomic E-state index is 16.3. The SMILES string of the molecule is OC1(c2csc3c(Oc4ccccc4)ncnc23)O[C@H](COCc2ccccc2)[C@@H](OCc2ccccc2)[C@H]1F. The molecule has 0 bridgehead atoms. The lowest BCUT2D eigenvalue weighted by Crippen LogP contribution is -2.39. The number of hydrogen-bond donors (Lipinski definition) is 1. The minimum absolute atomic E-state index is 0.0243. The third-order valence-electron chi connectivity index (χ3n) is 6.70. The Balaban J connectivity index is 1.27. The normalized spacial score (nSPS) is 22.5. The standard InChI is InChI=1S/C31H27FN2O5S/c32-29-27(37-17-22-12-6-2-7-13-22)25(18-36-16-21-10-4-1-5-11-21)39-31(29,35)24-19-40-28-26(24)33-20-34-30(28)38-23-14-8-3-9-15-23/h1-15,19-20,25,27,29,35H,16-18H2/t25-,27-,29-,31?/m1/s1. The van der Waals surface area contributed by atoms with E-state index in [1.165, 1.54) is 17.7 Å². The van der Waals surface area contributed by atoms with Crippen molar-refractivity contribution in [1.82, 2.24) is 9.97 Å². The first-order valence-corrected chi connectivity index (χ1v) is 13.8. The highest BCUT2D eigenvalue weighted by atomic mass is 32.1. The fraction of sp³-hybridized carbons (Fsp3) is 0.226. The molecule has 1 aliphatic heterocycles. The van der Waals surface area contributed by atoms with Gasteiger partial charge in [0.05, 0.1) is 30.9 Å². The minimum atomic E-state index is -2.31. The van der Waals surface area contributed by atoms with Crippen LogP contribution in [0.5, 0.6) is 11.6 Å². The second-order valence-corrected chi connectivity index (χ2v) is 10.3. The van der Waals surface area contributed by atoms with Gasteiger partial charge in [-0.1, -0.05) is 78.9 Å².